The van der Waals surface area contributed by atoms with Crippen LogP contribution in [-0.2, 0) is 4.79 Å². The summed E-state index contributed by atoms with van der Waals surface area (Å²) in [6, 6.07) is 4.80. The van der Waals surface area contributed by atoms with E-state index in [1.165, 1.54) is 6.92 Å². The van der Waals surface area contributed by atoms with E-state index in [2.05, 4.69) is 15.9 Å². The van der Waals surface area contributed by atoms with Gasteiger partial charge in [0.2, 0.25) is 0 Å². The van der Waals surface area contributed by atoms with Crippen LogP contribution in [0.5, 0.6) is 0 Å². The number of aliphatic carboxylic acids is 1. The average Bonchev–Trinajstić information content (AvgIpc) is 2.16. The van der Waals surface area contributed by atoms with Crippen LogP contribution in [0.3, 0.4) is 0 Å². The molecule has 1 aromatic carbocycles. The van der Waals surface area contributed by atoms with Gasteiger partial charge in [-0.1, -0.05) is 18.5 Å². The van der Waals surface area contributed by atoms with E-state index in [0.29, 0.717) is 15.1 Å². The summed E-state index contributed by atoms with van der Waals surface area (Å²) in [7, 11) is 0. The third kappa shape index (κ3) is 3.32. The highest BCUT2D eigenvalue weighted by atomic mass is 79.9. The van der Waals surface area contributed by atoms with E-state index in [0.717, 1.165) is 0 Å². The van der Waals surface area contributed by atoms with Crippen LogP contribution in [0.2, 0.25) is 5.02 Å². The Labute approximate surface area is 107 Å². The van der Waals surface area contributed by atoms with Crippen molar-refractivity contribution in [1.29, 1.82) is 0 Å². The molecule has 0 spiro atoms. The molecule has 16 heavy (non-hydrogen) atoms. The van der Waals surface area contributed by atoms with Gasteiger partial charge in [-0.3, -0.25) is 9.59 Å². The molecule has 0 saturated carbocycles. The first-order valence-electron chi connectivity index (χ1n) is 4.63. The van der Waals surface area contributed by atoms with Crippen LogP contribution >= 0.6 is 27.5 Å². The number of carbonyl (C=O) groups excluding carboxylic acids is 1. The van der Waals surface area contributed by atoms with Gasteiger partial charge < -0.3 is 5.11 Å². The van der Waals surface area contributed by atoms with Crippen molar-refractivity contribution in [3.63, 3.8) is 0 Å². The van der Waals surface area contributed by atoms with E-state index in [-0.39, 0.29) is 12.2 Å². The molecule has 0 fully saturated rings. The van der Waals surface area contributed by atoms with Crippen LogP contribution in [0.4, 0.5) is 0 Å². The molecule has 0 amide bonds. The summed E-state index contributed by atoms with van der Waals surface area (Å²) in [5.74, 6) is -1.87. The normalized spacial score (nSPS) is 12.2. The Kier molecular flexibility index (Phi) is 4.50. The molecule has 5 heteroatoms. The predicted molar refractivity (Wildman–Crippen MR) is 64.9 cm³/mol. The average molecular weight is 306 g/mol. The number of carboxylic acids is 1. The fourth-order valence-electron chi connectivity index (χ4n) is 1.19. The van der Waals surface area contributed by atoms with Gasteiger partial charge in [0.1, 0.15) is 0 Å². The number of Topliss-reactive ketones (excluding diaryl/α,β-unsaturated/α-hetero) is 1. The molecule has 0 aliphatic carbocycles. The lowest BCUT2D eigenvalue weighted by atomic mass is 10.00. The van der Waals surface area contributed by atoms with Gasteiger partial charge in [0.25, 0.3) is 0 Å². The third-order valence-corrected chi connectivity index (χ3v) is 3.04. The van der Waals surface area contributed by atoms with Crippen molar-refractivity contribution in [2.24, 2.45) is 5.92 Å². The van der Waals surface area contributed by atoms with Crippen LogP contribution in [0.1, 0.15) is 23.7 Å². The van der Waals surface area contributed by atoms with E-state index in [1.54, 1.807) is 18.2 Å². The summed E-state index contributed by atoms with van der Waals surface area (Å²) < 4.78 is 0.586. The monoisotopic (exact) mass is 304 g/mol. The number of hydrogen-bond acceptors (Lipinski definition) is 2. The van der Waals surface area contributed by atoms with Gasteiger partial charge in [-0.2, -0.15) is 0 Å². The van der Waals surface area contributed by atoms with Gasteiger partial charge in [0.05, 0.1) is 5.92 Å². The molecule has 1 N–H and O–H groups in total. The van der Waals surface area contributed by atoms with Crippen LogP contribution < -0.4 is 0 Å². The number of carboxylic acid groups (broad SMARTS) is 1. The standard InChI is InChI=1S/C11H10BrClO3/c1-6(11(15)16)4-10(14)8-3-2-7(13)5-9(8)12/h2-3,5-6H,4H2,1H3,(H,15,16). The van der Waals surface area contributed by atoms with E-state index >= 15 is 0 Å². The molecule has 0 heterocycles. The van der Waals surface area contributed by atoms with Crippen molar-refractivity contribution < 1.29 is 14.7 Å². The van der Waals surface area contributed by atoms with Gasteiger partial charge in [-0.05, 0) is 34.1 Å². The molecule has 0 bridgehead atoms. The topological polar surface area (TPSA) is 54.4 Å². The van der Waals surface area contributed by atoms with E-state index in [1.807, 2.05) is 0 Å². The van der Waals surface area contributed by atoms with Gasteiger partial charge in [-0.25, -0.2) is 0 Å². The minimum atomic E-state index is -0.974. The number of benzene rings is 1. The maximum absolute atomic E-state index is 11.8. The van der Waals surface area contributed by atoms with E-state index in [4.69, 9.17) is 16.7 Å². The SMILES string of the molecule is CC(CC(=O)c1ccc(Cl)cc1Br)C(=O)O. The van der Waals surface area contributed by atoms with Crippen LogP contribution in [0.15, 0.2) is 22.7 Å². The summed E-state index contributed by atoms with van der Waals surface area (Å²) in [4.78, 5) is 22.4. The van der Waals surface area contributed by atoms with Crippen molar-refractivity contribution >= 4 is 39.3 Å². The van der Waals surface area contributed by atoms with Gasteiger partial charge in [0.15, 0.2) is 5.78 Å². The summed E-state index contributed by atoms with van der Waals surface area (Å²) in [5.41, 5.74) is 0.456. The molecule has 0 aromatic heterocycles. The third-order valence-electron chi connectivity index (χ3n) is 2.14. The maximum atomic E-state index is 11.8. The van der Waals surface area contributed by atoms with Gasteiger partial charge in [-0.15, -0.1) is 0 Å². The molecule has 1 rings (SSSR count). The van der Waals surface area contributed by atoms with Crippen molar-refractivity contribution in [3.05, 3.63) is 33.3 Å². The molecule has 0 radical (unpaired) electrons. The maximum Gasteiger partial charge on any atom is 0.306 e. The molecule has 1 unspecified atom stereocenters. The Bertz CT molecular complexity index is 431. The van der Waals surface area contributed by atoms with Crippen molar-refractivity contribution in [1.82, 2.24) is 0 Å². The molecule has 0 saturated heterocycles. The number of hydrogen-bond donors (Lipinski definition) is 1. The molecule has 1 atom stereocenters. The van der Waals surface area contributed by atoms with Crippen LogP contribution in [-0.4, -0.2) is 16.9 Å². The Morgan fingerprint density at radius 1 is 1.50 bits per heavy atom. The molecule has 3 nitrogen and oxygen atoms in total. The Morgan fingerprint density at radius 2 is 2.12 bits per heavy atom. The first kappa shape index (κ1) is 13.2. The van der Waals surface area contributed by atoms with Gasteiger partial charge >= 0.3 is 5.97 Å². The van der Waals surface area contributed by atoms with Crippen molar-refractivity contribution in [2.75, 3.05) is 0 Å². The zero-order valence-electron chi connectivity index (χ0n) is 8.54. The van der Waals surface area contributed by atoms with Crippen molar-refractivity contribution in [2.45, 2.75) is 13.3 Å². The molecular formula is C11H10BrClO3. The van der Waals surface area contributed by atoms with Crippen LogP contribution in [0.25, 0.3) is 0 Å². The van der Waals surface area contributed by atoms with Crippen molar-refractivity contribution in [3.8, 4) is 0 Å². The zero-order valence-corrected chi connectivity index (χ0v) is 10.9. The predicted octanol–water partition coefficient (Wildman–Crippen LogP) is 3.40. The first-order valence-corrected chi connectivity index (χ1v) is 5.80. The highest BCUT2D eigenvalue weighted by Crippen LogP contribution is 2.23. The Morgan fingerprint density at radius 3 is 2.62 bits per heavy atom. The summed E-state index contributed by atoms with van der Waals surface area (Å²) in [5, 5.41) is 9.23. The summed E-state index contributed by atoms with van der Waals surface area (Å²) in [6.07, 6.45) is -0.0183. The summed E-state index contributed by atoms with van der Waals surface area (Å²) in [6.45, 7) is 1.50. The highest BCUT2D eigenvalue weighted by molar-refractivity contribution is 9.10. The lowest BCUT2D eigenvalue weighted by Gasteiger charge is -2.07. The molecule has 0 aliphatic rings. The zero-order chi connectivity index (χ0) is 12.3. The minimum absolute atomic E-state index is 0.0183. The molecule has 0 aliphatic heterocycles. The first-order chi connectivity index (χ1) is 7.41. The second kappa shape index (κ2) is 5.46. The number of carbonyl (C=O) groups is 2. The van der Waals surface area contributed by atoms with Gasteiger partial charge in [0, 0.05) is 21.5 Å². The molecular weight excluding hydrogens is 295 g/mol. The van der Waals surface area contributed by atoms with E-state index in [9.17, 15) is 9.59 Å². The second-order valence-electron chi connectivity index (χ2n) is 3.49. The largest absolute Gasteiger partial charge is 0.481 e. The quantitative estimate of drug-likeness (QED) is 0.867. The lowest BCUT2D eigenvalue weighted by molar-refractivity contribution is -0.141. The smallest absolute Gasteiger partial charge is 0.306 e. The summed E-state index contributed by atoms with van der Waals surface area (Å²) >= 11 is 8.96. The fourth-order valence-corrected chi connectivity index (χ4v) is 2.09. The number of halogens is 2. The van der Waals surface area contributed by atoms with Crippen LogP contribution in [0, 0.1) is 5.92 Å². The fraction of sp³-hybridized carbons (Fsp3) is 0.273. The minimum Gasteiger partial charge on any atom is -0.481 e. The highest BCUT2D eigenvalue weighted by Gasteiger charge is 2.18. The Balaban J connectivity index is 2.85. The second-order valence-corrected chi connectivity index (χ2v) is 4.78. The Hall–Kier alpha value is -0.870. The van der Waals surface area contributed by atoms with E-state index < -0.39 is 11.9 Å². The number of rotatable bonds is 4. The molecule has 1 aromatic rings. The molecule has 86 valence electrons. The number of ketones is 1. The lowest BCUT2D eigenvalue weighted by Crippen LogP contribution is -2.15.